The first-order valence-corrected chi connectivity index (χ1v) is 10.7. The fraction of sp³-hybridized carbons (Fsp3) is 0.609. The van der Waals surface area contributed by atoms with E-state index in [1.165, 1.54) is 11.9 Å². The van der Waals surface area contributed by atoms with Gasteiger partial charge in [-0.15, -0.1) is 0 Å². The summed E-state index contributed by atoms with van der Waals surface area (Å²) in [5.74, 6) is -0.776. The van der Waals surface area contributed by atoms with Crippen molar-refractivity contribution in [1.82, 2.24) is 15.5 Å². The number of anilines is 1. The summed E-state index contributed by atoms with van der Waals surface area (Å²) in [4.78, 5) is 38.4. The Labute approximate surface area is 186 Å². The number of rotatable bonds is 9. The van der Waals surface area contributed by atoms with E-state index in [4.69, 9.17) is 4.74 Å². The molecule has 8 heteroatoms. The van der Waals surface area contributed by atoms with Crippen LogP contribution in [0.2, 0.25) is 0 Å². The lowest BCUT2D eigenvalue weighted by atomic mass is 10.1. The van der Waals surface area contributed by atoms with Gasteiger partial charge in [0.2, 0.25) is 11.8 Å². The van der Waals surface area contributed by atoms with E-state index in [2.05, 4.69) is 29.8 Å². The van der Waals surface area contributed by atoms with E-state index in [1.54, 1.807) is 34.6 Å². The van der Waals surface area contributed by atoms with Crippen LogP contribution < -0.4 is 16.0 Å². The Kier molecular flexibility index (Phi) is 9.97. The predicted octanol–water partition coefficient (Wildman–Crippen LogP) is 2.93. The molecule has 8 nitrogen and oxygen atoms in total. The minimum Gasteiger partial charge on any atom is -0.444 e. The highest BCUT2D eigenvalue weighted by atomic mass is 16.6. The van der Waals surface area contributed by atoms with Gasteiger partial charge in [0.25, 0.3) is 0 Å². The second-order valence-corrected chi connectivity index (χ2v) is 9.05. The zero-order chi connectivity index (χ0) is 23.8. The Hall–Kier alpha value is -2.61. The number of hydrogen-bond acceptors (Lipinski definition) is 5. The van der Waals surface area contributed by atoms with E-state index in [0.29, 0.717) is 11.7 Å². The van der Waals surface area contributed by atoms with E-state index >= 15 is 0 Å². The molecule has 0 unspecified atom stereocenters. The molecule has 0 aliphatic heterocycles. The van der Waals surface area contributed by atoms with Crippen LogP contribution >= 0.6 is 0 Å². The lowest BCUT2D eigenvalue weighted by Gasteiger charge is -2.28. The highest BCUT2D eigenvalue weighted by Crippen LogP contribution is 2.13. The summed E-state index contributed by atoms with van der Waals surface area (Å²) >= 11 is 0. The van der Waals surface area contributed by atoms with Gasteiger partial charge in [-0.2, -0.15) is 0 Å². The van der Waals surface area contributed by atoms with Gasteiger partial charge < -0.3 is 20.7 Å². The Balaban J connectivity index is 2.61. The highest BCUT2D eigenvalue weighted by molar-refractivity contribution is 5.97. The van der Waals surface area contributed by atoms with Crippen molar-refractivity contribution in [2.45, 2.75) is 78.6 Å². The van der Waals surface area contributed by atoms with Crippen LogP contribution in [0.5, 0.6) is 0 Å². The largest absolute Gasteiger partial charge is 0.444 e. The average Bonchev–Trinajstić information content (AvgIpc) is 2.65. The number of nitrogens with zero attached hydrogens (tertiary/aromatic N) is 1. The van der Waals surface area contributed by atoms with E-state index in [-0.39, 0.29) is 5.91 Å². The van der Waals surface area contributed by atoms with Crippen molar-refractivity contribution >= 4 is 23.6 Å². The van der Waals surface area contributed by atoms with Crippen LogP contribution in [0.3, 0.4) is 0 Å². The van der Waals surface area contributed by atoms with Crippen LogP contribution in [0.25, 0.3) is 0 Å². The summed E-state index contributed by atoms with van der Waals surface area (Å²) in [6.45, 7) is 13.5. The maximum atomic E-state index is 12.5. The third-order valence-electron chi connectivity index (χ3n) is 4.55. The molecule has 0 spiro atoms. The highest BCUT2D eigenvalue weighted by Gasteiger charge is 2.28. The summed E-state index contributed by atoms with van der Waals surface area (Å²) in [6.07, 6.45) is 0.249. The number of nitrogens with one attached hydrogen (secondary N) is 3. The van der Waals surface area contributed by atoms with Gasteiger partial charge >= 0.3 is 6.09 Å². The number of carbonyl (C=O) groups is 3. The van der Waals surface area contributed by atoms with E-state index in [1.807, 2.05) is 24.3 Å². The van der Waals surface area contributed by atoms with E-state index in [0.717, 1.165) is 18.5 Å². The molecule has 0 aromatic heterocycles. The normalized spacial score (nSPS) is 13.3. The summed E-state index contributed by atoms with van der Waals surface area (Å²) in [5, 5.41) is 8.84. The molecular formula is C23H38N4O4. The SMILES string of the molecule is CC(C)NCCc1cccc(NC(=O)[C@H](C)NC(=O)[C@H](C)N(C)C(=O)OC(C)(C)C)c1. The minimum atomic E-state index is -0.790. The van der Waals surface area contributed by atoms with Gasteiger partial charge in [-0.3, -0.25) is 14.5 Å². The first kappa shape index (κ1) is 26.4. The molecule has 174 valence electrons. The summed E-state index contributed by atoms with van der Waals surface area (Å²) in [5.41, 5.74) is 1.12. The summed E-state index contributed by atoms with van der Waals surface area (Å²) < 4.78 is 5.28. The number of likely N-dealkylation sites (N-methyl/N-ethyl adjacent to an activating group) is 1. The smallest absolute Gasteiger partial charge is 0.410 e. The van der Waals surface area contributed by atoms with Crippen LogP contribution in [0.15, 0.2) is 24.3 Å². The topological polar surface area (TPSA) is 99.8 Å². The first-order chi connectivity index (χ1) is 14.3. The van der Waals surface area contributed by atoms with Crippen molar-refractivity contribution in [2.24, 2.45) is 0 Å². The van der Waals surface area contributed by atoms with Gasteiger partial charge in [-0.25, -0.2) is 4.79 Å². The van der Waals surface area contributed by atoms with E-state index < -0.39 is 29.7 Å². The van der Waals surface area contributed by atoms with E-state index in [9.17, 15) is 14.4 Å². The maximum Gasteiger partial charge on any atom is 0.410 e. The van der Waals surface area contributed by atoms with Crippen molar-refractivity contribution < 1.29 is 19.1 Å². The number of amides is 3. The number of benzene rings is 1. The molecule has 3 N–H and O–H groups in total. The van der Waals surface area contributed by atoms with Crippen LogP contribution in [0.1, 0.15) is 54.0 Å². The maximum absolute atomic E-state index is 12.5. The van der Waals surface area contributed by atoms with Crippen molar-refractivity contribution in [3.05, 3.63) is 29.8 Å². The van der Waals surface area contributed by atoms with Crippen molar-refractivity contribution in [3.8, 4) is 0 Å². The zero-order valence-electron chi connectivity index (χ0n) is 20.0. The van der Waals surface area contributed by atoms with Crippen LogP contribution in [-0.4, -0.2) is 60.1 Å². The van der Waals surface area contributed by atoms with Gasteiger partial charge in [0.05, 0.1) is 0 Å². The number of carbonyl (C=O) groups excluding carboxylic acids is 3. The molecule has 0 aliphatic carbocycles. The molecule has 0 radical (unpaired) electrons. The lowest BCUT2D eigenvalue weighted by Crippen LogP contribution is -2.51. The molecule has 0 fully saturated rings. The number of ether oxygens (including phenoxy) is 1. The molecule has 0 saturated carbocycles. The second-order valence-electron chi connectivity index (χ2n) is 9.05. The molecule has 1 aromatic carbocycles. The van der Waals surface area contributed by atoms with Gasteiger partial charge in [0.15, 0.2) is 0 Å². The summed E-state index contributed by atoms with van der Waals surface area (Å²) in [7, 11) is 1.49. The average molecular weight is 435 g/mol. The lowest BCUT2D eigenvalue weighted by molar-refractivity contribution is -0.129. The molecule has 0 bridgehead atoms. The molecule has 0 saturated heterocycles. The molecular weight excluding hydrogens is 396 g/mol. The number of hydrogen-bond donors (Lipinski definition) is 3. The molecule has 3 amide bonds. The van der Waals surface area contributed by atoms with Crippen molar-refractivity contribution in [3.63, 3.8) is 0 Å². The quantitative estimate of drug-likeness (QED) is 0.555. The molecule has 0 heterocycles. The fourth-order valence-corrected chi connectivity index (χ4v) is 2.63. The Morgan fingerprint density at radius 2 is 1.71 bits per heavy atom. The van der Waals surface area contributed by atoms with Crippen molar-refractivity contribution in [1.29, 1.82) is 0 Å². The molecule has 31 heavy (non-hydrogen) atoms. The molecule has 1 aromatic rings. The molecule has 0 aliphatic rings. The Morgan fingerprint density at radius 1 is 1.06 bits per heavy atom. The zero-order valence-corrected chi connectivity index (χ0v) is 20.0. The first-order valence-electron chi connectivity index (χ1n) is 10.7. The van der Waals surface area contributed by atoms with Crippen LogP contribution in [0, 0.1) is 0 Å². The summed E-state index contributed by atoms with van der Waals surface area (Å²) in [6, 6.07) is 6.50. The second kappa shape index (κ2) is 11.7. The standard InChI is InChI=1S/C23H38N4O4/c1-15(2)24-13-12-18-10-9-11-19(14-18)26-20(28)16(3)25-21(29)17(4)27(8)22(30)31-23(5,6)7/h9-11,14-17,24H,12-13H2,1-8H3,(H,25,29)(H,26,28)/t16-,17-/m0/s1. The molecule has 1 rings (SSSR count). The Morgan fingerprint density at radius 3 is 2.29 bits per heavy atom. The third kappa shape index (κ3) is 9.83. The van der Waals surface area contributed by atoms with Crippen LogP contribution in [-0.2, 0) is 20.7 Å². The van der Waals surface area contributed by atoms with Gasteiger partial charge in [0, 0.05) is 18.8 Å². The third-order valence-corrected chi connectivity index (χ3v) is 4.55. The van der Waals surface area contributed by atoms with Gasteiger partial charge in [-0.1, -0.05) is 26.0 Å². The Bertz CT molecular complexity index is 758. The monoisotopic (exact) mass is 434 g/mol. The predicted molar refractivity (Wildman–Crippen MR) is 123 cm³/mol. The van der Waals surface area contributed by atoms with Gasteiger partial charge in [-0.05, 0) is 65.3 Å². The fourth-order valence-electron chi connectivity index (χ4n) is 2.63. The van der Waals surface area contributed by atoms with Crippen LogP contribution in [0.4, 0.5) is 10.5 Å². The van der Waals surface area contributed by atoms with Gasteiger partial charge in [0.1, 0.15) is 17.7 Å². The minimum absolute atomic E-state index is 0.335. The van der Waals surface area contributed by atoms with Crippen molar-refractivity contribution in [2.75, 3.05) is 18.9 Å². The molecule has 2 atom stereocenters.